The Bertz CT molecular complexity index is 940. The number of benzene rings is 2. The normalized spacial score (nSPS) is 19.1. The summed E-state index contributed by atoms with van der Waals surface area (Å²) in [7, 11) is 0. The molecule has 0 radical (unpaired) electrons. The highest BCUT2D eigenvalue weighted by atomic mass is 16.2. The first-order chi connectivity index (χ1) is 16.6. The van der Waals surface area contributed by atoms with E-state index in [4.69, 9.17) is 0 Å². The highest BCUT2D eigenvalue weighted by Gasteiger charge is 2.28. The molecule has 2 aliphatic rings. The molecule has 2 amide bonds. The molecule has 2 aromatic carbocycles. The Hall–Kier alpha value is -2.86. The molecule has 0 aromatic heterocycles. The van der Waals surface area contributed by atoms with Gasteiger partial charge in [0.1, 0.15) is 0 Å². The Morgan fingerprint density at radius 3 is 2.53 bits per heavy atom. The molecule has 1 N–H and O–H groups in total. The van der Waals surface area contributed by atoms with Gasteiger partial charge in [0, 0.05) is 51.5 Å². The molecular weight excluding hydrogens is 424 g/mol. The molecule has 0 saturated carbocycles. The summed E-state index contributed by atoms with van der Waals surface area (Å²) in [4.78, 5) is 32.2. The first-order valence-corrected chi connectivity index (χ1v) is 12.7. The number of hydrogen-bond donors (Lipinski definition) is 1. The van der Waals surface area contributed by atoms with Crippen molar-refractivity contribution < 1.29 is 9.59 Å². The number of nitrogens with one attached hydrogen (secondary N) is 1. The van der Waals surface area contributed by atoms with Gasteiger partial charge in [0.25, 0.3) is 0 Å². The number of rotatable bonds is 8. The van der Waals surface area contributed by atoms with E-state index in [1.165, 1.54) is 11.3 Å². The van der Waals surface area contributed by atoms with E-state index in [0.29, 0.717) is 19.5 Å². The summed E-state index contributed by atoms with van der Waals surface area (Å²) >= 11 is 0. The van der Waals surface area contributed by atoms with E-state index in [0.717, 1.165) is 64.1 Å². The van der Waals surface area contributed by atoms with Gasteiger partial charge in [-0.1, -0.05) is 42.5 Å². The Morgan fingerprint density at radius 1 is 0.971 bits per heavy atom. The lowest BCUT2D eigenvalue weighted by Crippen LogP contribution is -2.47. The van der Waals surface area contributed by atoms with Crippen LogP contribution in [-0.2, 0) is 16.0 Å². The summed E-state index contributed by atoms with van der Waals surface area (Å²) in [6.45, 7) is 9.35. The summed E-state index contributed by atoms with van der Waals surface area (Å²) < 4.78 is 0. The third-order valence-corrected chi connectivity index (χ3v) is 7.03. The fourth-order valence-electron chi connectivity index (χ4n) is 5.01. The lowest BCUT2D eigenvalue weighted by molar-refractivity contribution is -0.135. The molecule has 0 aliphatic carbocycles. The SMILES string of the molecule is Cc1cccc(N2CCN(CCCNC(=O)C3CCCN(C(=O)Cc4ccccc4)C3)CC2)c1. The highest BCUT2D eigenvalue weighted by molar-refractivity contribution is 5.82. The van der Waals surface area contributed by atoms with E-state index in [9.17, 15) is 9.59 Å². The number of carbonyl (C=O) groups is 2. The molecule has 182 valence electrons. The summed E-state index contributed by atoms with van der Waals surface area (Å²) in [5, 5.41) is 3.13. The smallest absolute Gasteiger partial charge is 0.227 e. The zero-order valence-corrected chi connectivity index (χ0v) is 20.4. The third kappa shape index (κ3) is 6.83. The van der Waals surface area contributed by atoms with E-state index >= 15 is 0 Å². The molecule has 0 spiro atoms. The van der Waals surface area contributed by atoms with Crippen molar-refractivity contribution in [3.63, 3.8) is 0 Å². The van der Waals surface area contributed by atoms with Gasteiger partial charge in [-0.2, -0.15) is 0 Å². The molecule has 2 aliphatic heterocycles. The second-order valence-electron chi connectivity index (χ2n) is 9.65. The van der Waals surface area contributed by atoms with Crippen LogP contribution in [0.25, 0.3) is 0 Å². The number of hydrogen-bond acceptors (Lipinski definition) is 4. The number of likely N-dealkylation sites (tertiary alicyclic amines) is 1. The zero-order valence-electron chi connectivity index (χ0n) is 20.4. The van der Waals surface area contributed by atoms with Crippen molar-refractivity contribution in [2.45, 2.75) is 32.6 Å². The molecule has 34 heavy (non-hydrogen) atoms. The van der Waals surface area contributed by atoms with Gasteiger partial charge in [-0.15, -0.1) is 0 Å². The number of carbonyl (C=O) groups excluding carboxylic acids is 2. The van der Waals surface area contributed by atoms with Gasteiger partial charge in [0.05, 0.1) is 12.3 Å². The largest absolute Gasteiger partial charge is 0.369 e. The zero-order chi connectivity index (χ0) is 23.8. The Balaban J connectivity index is 1.13. The average molecular weight is 463 g/mol. The fraction of sp³-hybridized carbons (Fsp3) is 0.500. The second kappa shape index (κ2) is 12.0. The standard InChI is InChI=1S/C28H38N4O2/c1-23-8-5-12-26(20-23)31-18-16-30(17-19-31)14-7-13-29-28(34)25-11-6-15-32(22-25)27(33)21-24-9-3-2-4-10-24/h2-5,8-10,12,20,25H,6-7,11,13-19,21-22H2,1H3,(H,29,34). The molecule has 6 nitrogen and oxygen atoms in total. The predicted octanol–water partition coefficient (Wildman–Crippen LogP) is 3.10. The molecule has 2 heterocycles. The van der Waals surface area contributed by atoms with Crippen molar-refractivity contribution in [2.75, 3.05) is 57.3 Å². The summed E-state index contributed by atoms with van der Waals surface area (Å²) in [6.07, 6.45) is 3.12. The van der Waals surface area contributed by atoms with Crippen molar-refractivity contribution in [2.24, 2.45) is 5.92 Å². The van der Waals surface area contributed by atoms with Crippen LogP contribution in [0.2, 0.25) is 0 Å². The minimum atomic E-state index is -0.0913. The van der Waals surface area contributed by atoms with Crippen molar-refractivity contribution in [3.8, 4) is 0 Å². The lowest BCUT2D eigenvalue weighted by atomic mass is 9.96. The summed E-state index contributed by atoms with van der Waals surface area (Å²) in [5.74, 6) is 0.126. The maximum atomic E-state index is 12.7. The molecule has 6 heteroatoms. The first kappa shape index (κ1) is 24.3. The van der Waals surface area contributed by atoms with Gasteiger partial charge >= 0.3 is 0 Å². The van der Waals surface area contributed by atoms with Crippen LogP contribution < -0.4 is 10.2 Å². The minimum Gasteiger partial charge on any atom is -0.369 e. The van der Waals surface area contributed by atoms with E-state index in [1.807, 2.05) is 35.2 Å². The van der Waals surface area contributed by atoms with Crippen LogP contribution in [0.15, 0.2) is 54.6 Å². The molecule has 0 bridgehead atoms. The van der Waals surface area contributed by atoms with Crippen LogP contribution in [0, 0.1) is 12.8 Å². The number of piperidine rings is 1. The fourth-order valence-corrected chi connectivity index (χ4v) is 5.01. The Labute approximate surface area is 203 Å². The summed E-state index contributed by atoms with van der Waals surface area (Å²) in [6, 6.07) is 18.6. The van der Waals surface area contributed by atoms with Crippen LogP contribution in [0.3, 0.4) is 0 Å². The van der Waals surface area contributed by atoms with Crippen molar-refractivity contribution in [1.29, 1.82) is 0 Å². The van der Waals surface area contributed by atoms with Gasteiger partial charge in [-0.05, 0) is 56.0 Å². The average Bonchev–Trinajstić information content (AvgIpc) is 2.87. The second-order valence-corrected chi connectivity index (χ2v) is 9.65. The number of amides is 2. The van der Waals surface area contributed by atoms with E-state index in [2.05, 4.69) is 46.3 Å². The summed E-state index contributed by atoms with van der Waals surface area (Å²) in [5.41, 5.74) is 3.65. The van der Waals surface area contributed by atoms with Gasteiger partial charge in [-0.3, -0.25) is 14.5 Å². The Kier molecular flexibility index (Phi) is 8.58. The quantitative estimate of drug-likeness (QED) is 0.613. The predicted molar refractivity (Wildman–Crippen MR) is 137 cm³/mol. The molecule has 2 saturated heterocycles. The maximum Gasteiger partial charge on any atom is 0.227 e. The van der Waals surface area contributed by atoms with E-state index < -0.39 is 0 Å². The van der Waals surface area contributed by atoms with E-state index in [1.54, 1.807) is 0 Å². The number of anilines is 1. The highest BCUT2D eigenvalue weighted by Crippen LogP contribution is 2.19. The molecular formula is C28H38N4O2. The van der Waals surface area contributed by atoms with Crippen LogP contribution in [-0.4, -0.2) is 74.0 Å². The maximum absolute atomic E-state index is 12.7. The number of nitrogens with zero attached hydrogens (tertiary/aromatic N) is 3. The molecule has 1 atom stereocenters. The minimum absolute atomic E-state index is 0.0913. The van der Waals surface area contributed by atoms with Crippen molar-refractivity contribution >= 4 is 17.5 Å². The van der Waals surface area contributed by atoms with Crippen molar-refractivity contribution in [1.82, 2.24) is 15.1 Å². The van der Waals surface area contributed by atoms with Crippen LogP contribution in [0.4, 0.5) is 5.69 Å². The van der Waals surface area contributed by atoms with Gasteiger partial charge in [0.15, 0.2) is 0 Å². The van der Waals surface area contributed by atoms with Gasteiger partial charge in [-0.25, -0.2) is 0 Å². The number of piperazine rings is 1. The molecule has 1 unspecified atom stereocenters. The first-order valence-electron chi connectivity index (χ1n) is 12.7. The topological polar surface area (TPSA) is 55.9 Å². The third-order valence-electron chi connectivity index (χ3n) is 7.03. The molecule has 2 aromatic rings. The monoisotopic (exact) mass is 462 g/mol. The van der Waals surface area contributed by atoms with Gasteiger partial charge < -0.3 is 15.1 Å². The Morgan fingerprint density at radius 2 is 1.76 bits per heavy atom. The van der Waals surface area contributed by atoms with E-state index in [-0.39, 0.29) is 17.7 Å². The van der Waals surface area contributed by atoms with Gasteiger partial charge in [0.2, 0.25) is 11.8 Å². The van der Waals surface area contributed by atoms with Crippen LogP contribution >= 0.6 is 0 Å². The molecule has 2 fully saturated rings. The number of aryl methyl sites for hydroxylation is 1. The molecule has 4 rings (SSSR count). The van der Waals surface area contributed by atoms with Crippen molar-refractivity contribution in [3.05, 3.63) is 65.7 Å². The lowest BCUT2D eigenvalue weighted by Gasteiger charge is -2.36. The van der Waals surface area contributed by atoms with Crippen LogP contribution in [0.5, 0.6) is 0 Å². The van der Waals surface area contributed by atoms with Crippen LogP contribution in [0.1, 0.15) is 30.4 Å².